The summed E-state index contributed by atoms with van der Waals surface area (Å²) in [5.41, 5.74) is 2.16. The van der Waals surface area contributed by atoms with E-state index in [1.165, 1.54) is 0 Å². The first-order valence-corrected chi connectivity index (χ1v) is 7.63. The lowest BCUT2D eigenvalue weighted by molar-refractivity contribution is 0.0917. The number of nitrogens with one attached hydrogen (secondary N) is 1. The number of alkyl halides is 1. The Morgan fingerprint density at radius 3 is 2.55 bits per heavy atom. The number of hydrogen-bond donors (Lipinski definition) is 1. The zero-order valence-electron chi connectivity index (χ0n) is 13.0. The second-order valence-electron chi connectivity index (χ2n) is 5.14. The van der Waals surface area contributed by atoms with Crippen LogP contribution in [0.25, 0.3) is 0 Å². The molecular formula is C17H20ClNO3. The average Bonchev–Trinajstić information content (AvgIpc) is 2.96. The fourth-order valence-electron chi connectivity index (χ4n) is 2.12. The van der Waals surface area contributed by atoms with Crippen LogP contribution >= 0.6 is 11.6 Å². The summed E-state index contributed by atoms with van der Waals surface area (Å²) in [7, 11) is 0. The summed E-state index contributed by atoms with van der Waals surface area (Å²) in [4.78, 5) is 11.9. The summed E-state index contributed by atoms with van der Waals surface area (Å²) >= 11 is 5.90. The van der Waals surface area contributed by atoms with Crippen molar-refractivity contribution < 1.29 is 13.9 Å². The van der Waals surface area contributed by atoms with E-state index in [-0.39, 0.29) is 17.0 Å². The van der Waals surface area contributed by atoms with Crippen molar-refractivity contribution in [2.45, 2.75) is 26.1 Å². The molecule has 1 aromatic heterocycles. The second kappa shape index (κ2) is 7.36. The summed E-state index contributed by atoms with van der Waals surface area (Å²) in [5, 5.41) is 2.50. The summed E-state index contributed by atoms with van der Waals surface area (Å²) in [5.74, 6) is 1.44. The quantitative estimate of drug-likeness (QED) is 0.646. The molecule has 1 unspecified atom stereocenters. The highest BCUT2D eigenvalue weighted by Gasteiger charge is 2.13. The predicted octanol–water partition coefficient (Wildman–Crippen LogP) is 4.01. The van der Waals surface area contributed by atoms with Crippen LogP contribution in [0.4, 0.5) is 0 Å². The van der Waals surface area contributed by atoms with Crippen molar-refractivity contribution in [2.24, 2.45) is 0 Å². The van der Waals surface area contributed by atoms with Gasteiger partial charge in [0.25, 0.3) is 5.91 Å². The Kier molecular flexibility index (Phi) is 5.50. The maximum Gasteiger partial charge on any atom is 0.287 e. The van der Waals surface area contributed by atoms with Crippen LogP contribution in [0.2, 0.25) is 0 Å². The zero-order valence-corrected chi connectivity index (χ0v) is 13.7. The molecular weight excluding hydrogens is 302 g/mol. The van der Waals surface area contributed by atoms with Gasteiger partial charge in [-0.05, 0) is 44.0 Å². The molecule has 22 heavy (non-hydrogen) atoms. The molecule has 0 bridgehead atoms. The number of para-hydroxylation sites is 1. The van der Waals surface area contributed by atoms with Gasteiger partial charge in [-0.1, -0.05) is 18.2 Å². The van der Waals surface area contributed by atoms with Gasteiger partial charge < -0.3 is 14.5 Å². The average molecular weight is 322 g/mol. The van der Waals surface area contributed by atoms with E-state index >= 15 is 0 Å². The first-order valence-electron chi connectivity index (χ1n) is 7.20. The van der Waals surface area contributed by atoms with Crippen LogP contribution in [0.1, 0.15) is 39.7 Å². The van der Waals surface area contributed by atoms with Gasteiger partial charge in [0.2, 0.25) is 0 Å². The van der Waals surface area contributed by atoms with Gasteiger partial charge in [0.05, 0.1) is 11.9 Å². The lowest BCUT2D eigenvalue weighted by Gasteiger charge is -2.12. The number of carbonyl (C=O) groups is 1. The highest BCUT2D eigenvalue weighted by atomic mass is 35.5. The number of aryl methyl sites for hydroxylation is 2. The minimum atomic E-state index is -0.270. The minimum Gasteiger partial charge on any atom is -0.491 e. The van der Waals surface area contributed by atoms with Gasteiger partial charge in [-0.3, -0.25) is 4.79 Å². The third kappa shape index (κ3) is 4.04. The third-order valence-corrected chi connectivity index (χ3v) is 3.50. The van der Waals surface area contributed by atoms with E-state index in [4.69, 9.17) is 20.8 Å². The molecule has 5 heteroatoms. The molecule has 2 aromatic rings. The van der Waals surface area contributed by atoms with Crippen LogP contribution in [0.5, 0.6) is 5.75 Å². The largest absolute Gasteiger partial charge is 0.491 e. The van der Waals surface area contributed by atoms with Crippen LogP contribution in [0.15, 0.2) is 34.7 Å². The summed E-state index contributed by atoms with van der Waals surface area (Å²) < 4.78 is 11.1. The van der Waals surface area contributed by atoms with Crippen LogP contribution in [-0.4, -0.2) is 19.1 Å². The highest BCUT2D eigenvalue weighted by Crippen LogP contribution is 2.22. The fourth-order valence-corrected chi connectivity index (χ4v) is 2.24. The van der Waals surface area contributed by atoms with Gasteiger partial charge in [-0.25, -0.2) is 0 Å². The number of carbonyl (C=O) groups excluding carboxylic acids is 1. The lowest BCUT2D eigenvalue weighted by atomic mass is 10.1. The molecule has 1 atom stereocenters. The summed E-state index contributed by atoms with van der Waals surface area (Å²) in [6, 6.07) is 9.32. The number of ether oxygens (including phenoxy) is 1. The zero-order chi connectivity index (χ0) is 16.1. The molecule has 0 saturated carbocycles. The maximum absolute atomic E-state index is 11.9. The van der Waals surface area contributed by atoms with Gasteiger partial charge in [0.1, 0.15) is 18.1 Å². The van der Waals surface area contributed by atoms with E-state index in [0.29, 0.717) is 18.9 Å². The smallest absolute Gasteiger partial charge is 0.287 e. The molecule has 1 amide bonds. The van der Waals surface area contributed by atoms with E-state index in [0.717, 1.165) is 16.9 Å². The maximum atomic E-state index is 11.9. The van der Waals surface area contributed by atoms with Gasteiger partial charge in [-0.15, -0.1) is 11.6 Å². The molecule has 0 aliphatic heterocycles. The normalized spacial score (nSPS) is 12.0. The predicted molar refractivity (Wildman–Crippen MR) is 86.7 cm³/mol. The molecule has 118 valence electrons. The van der Waals surface area contributed by atoms with E-state index in [1.807, 2.05) is 32.0 Å². The molecule has 0 saturated heterocycles. The number of halogens is 1. The number of hydrogen-bond acceptors (Lipinski definition) is 3. The van der Waals surface area contributed by atoms with Gasteiger partial charge in [0.15, 0.2) is 5.76 Å². The molecule has 1 aromatic carbocycles. The number of furan rings is 1. The monoisotopic (exact) mass is 321 g/mol. The Bertz CT molecular complexity index is 629. The Morgan fingerprint density at radius 1 is 1.27 bits per heavy atom. The van der Waals surface area contributed by atoms with Crippen LogP contribution < -0.4 is 10.1 Å². The Balaban J connectivity index is 1.82. The Labute approximate surface area is 135 Å². The first kappa shape index (κ1) is 16.4. The van der Waals surface area contributed by atoms with Crippen molar-refractivity contribution in [3.05, 3.63) is 53.0 Å². The molecule has 4 nitrogen and oxygen atoms in total. The van der Waals surface area contributed by atoms with Gasteiger partial charge >= 0.3 is 0 Å². The van der Waals surface area contributed by atoms with Crippen LogP contribution in [-0.2, 0) is 0 Å². The van der Waals surface area contributed by atoms with Gasteiger partial charge in [-0.2, -0.15) is 0 Å². The summed E-state index contributed by atoms with van der Waals surface area (Å²) in [6.07, 6.45) is 0. The second-order valence-corrected chi connectivity index (χ2v) is 5.80. The van der Waals surface area contributed by atoms with Crippen molar-refractivity contribution in [1.82, 2.24) is 5.32 Å². The van der Waals surface area contributed by atoms with E-state index in [9.17, 15) is 4.79 Å². The van der Waals surface area contributed by atoms with E-state index < -0.39 is 0 Å². The Hall–Kier alpha value is -1.94. The fraction of sp³-hybridized carbons (Fsp3) is 0.353. The summed E-state index contributed by atoms with van der Waals surface area (Å²) in [6.45, 7) is 6.59. The molecule has 0 spiro atoms. The highest BCUT2D eigenvalue weighted by molar-refractivity contribution is 6.20. The molecule has 0 radical (unpaired) electrons. The van der Waals surface area contributed by atoms with Crippen molar-refractivity contribution in [1.29, 1.82) is 0 Å². The molecule has 0 fully saturated rings. The van der Waals surface area contributed by atoms with E-state index in [1.54, 1.807) is 19.1 Å². The minimum absolute atomic E-state index is 0.256. The molecule has 2 rings (SSSR count). The van der Waals surface area contributed by atoms with Crippen molar-refractivity contribution in [3.8, 4) is 5.75 Å². The first-order chi connectivity index (χ1) is 10.5. The van der Waals surface area contributed by atoms with Crippen molar-refractivity contribution in [3.63, 3.8) is 0 Å². The number of benzene rings is 1. The topological polar surface area (TPSA) is 51.5 Å². The van der Waals surface area contributed by atoms with Crippen molar-refractivity contribution in [2.75, 3.05) is 13.2 Å². The van der Waals surface area contributed by atoms with Crippen LogP contribution in [0, 0.1) is 13.8 Å². The standard InChI is InChI=1S/C17H20ClNO3/c1-11-5-4-6-12(2)16(11)21-10-9-19-17(20)15-8-7-14(22-15)13(3)18/h4-8,13H,9-10H2,1-3H3,(H,19,20). The molecule has 1 N–H and O–H groups in total. The van der Waals surface area contributed by atoms with Crippen molar-refractivity contribution >= 4 is 17.5 Å². The third-order valence-electron chi connectivity index (χ3n) is 3.29. The molecule has 0 aliphatic carbocycles. The number of amides is 1. The number of rotatable bonds is 6. The van der Waals surface area contributed by atoms with Gasteiger partial charge in [0, 0.05) is 0 Å². The molecule has 0 aliphatic rings. The van der Waals surface area contributed by atoms with E-state index in [2.05, 4.69) is 5.32 Å². The SMILES string of the molecule is Cc1cccc(C)c1OCCNC(=O)c1ccc(C(C)Cl)o1. The Morgan fingerprint density at radius 2 is 1.95 bits per heavy atom. The lowest BCUT2D eigenvalue weighted by Crippen LogP contribution is -2.27. The molecule has 1 heterocycles. The van der Waals surface area contributed by atoms with Crippen LogP contribution in [0.3, 0.4) is 0 Å².